The van der Waals surface area contributed by atoms with Crippen LogP contribution in [0.5, 0.6) is 0 Å². The number of imidazole rings is 1. The number of fused-ring (bicyclic) bond motifs is 1. The zero-order chi connectivity index (χ0) is 17.1. The molecule has 1 fully saturated rings. The minimum absolute atomic E-state index is 0.0354. The van der Waals surface area contributed by atoms with E-state index in [-0.39, 0.29) is 24.2 Å². The molecule has 0 bridgehead atoms. The van der Waals surface area contributed by atoms with Crippen LogP contribution < -0.4 is 11.0 Å². The van der Waals surface area contributed by atoms with Crippen molar-refractivity contribution in [3.63, 3.8) is 0 Å². The number of nitrogens with zero attached hydrogens (tertiary/aromatic N) is 1. The summed E-state index contributed by atoms with van der Waals surface area (Å²) in [6.45, 7) is 1.42. The van der Waals surface area contributed by atoms with Gasteiger partial charge < -0.3 is 20.1 Å². The standard InChI is InChI=1S/C17H23N3O4/c1-20-15-10-12(2-3-14(15)19-17(20)23)16(22)18-13(4-7-21)11-5-8-24-9-6-11/h2-3,10-11,13,21H,4-9H2,1H3,(H,18,22)(H,19,23). The van der Waals surface area contributed by atoms with Crippen LogP contribution in [0.2, 0.25) is 0 Å². The summed E-state index contributed by atoms with van der Waals surface area (Å²) in [7, 11) is 1.67. The van der Waals surface area contributed by atoms with Crippen molar-refractivity contribution in [1.29, 1.82) is 0 Å². The van der Waals surface area contributed by atoms with Crippen LogP contribution in [-0.4, -0.2) is 46.4 Å². The number of ether oxygens (including phenoxy) is 1. The van der Waals surface area contributed by atoms with Crippen LogP contribution in [0.1, 0.15) is 29.6 Å². The van der Waals surface area contributed by atoms with Gasteiger partial charge in [-0.15, -0.1) is 0 Å². The molecule has 0 saturated carbocycles. The van der Waals surface area contributed by atoms with E-state index in [4.69, 9.17) is 4.74 Å². The van der Waals surface area contributed by atoms with Gasteiger partial charge in [0.25, 0.3) is 5.91 Å². The molecule has 7 nitrogen and oxygen atoms in total. The number of aryl methyl sites for hydroxylation is 1. The summed E-state index contributed by atoms with van der Waals surface area (Å²) in [4.78, 5) is 27.0. The lowest BCUT2D eigenvalue weighted by molar-refractivity contribution is 0.0479. The highest BCUT2D eigenvalue weighted by molar-refractivity contribution is 5.97. The molecule has 1 amide bonds. The molecule has 1 aliphatic rings. The minimum Gasteiger partial charge on any atom is -0.396 e. The molecule has 7 heteroatoms. The molecule has 3 N–H and O–H groups in total. The normalized spacial score (nSPS) is 17.1. The van der Waals surface area contributed by atoms with Crippen LogP contribution in [0, 0.1) is 5.92 Å². The maximum atomic E-state index is 12.6. The summed E-state index contributed by atoms with van der Waals surface area (Å²) in [5.41, 5.74) is 1.70. The van der Waals surface area contributed by atoms with E-state index in [9.17, 15) is 14.7 Å². The maximum Gasteiger partial charge on any atom is 0.326 e. The summed E-state index contributed by atoms with van der Waals surface area (Å²) in [6, 6.07) is 5.08. The zero-order valence-electron chi connectivity index (χ0n) is 13.7. The molecule has 2 heterocycles. The number of nitrogens with one attached hydrogen (secondary N) is 2. The lowest BCUT2D eigenvalue weighted by Crippen LogP contribution is -2.43. The van der Waals surface area contributed by atoms with E-state index in [0.717, 1.165) is 12.8 Å². The van der Waals surface area contributed by atoms with Crippen molar-refractivity contribution in [3.8, 4) is 0 Å². The number of hydrogen-bond acceptors (Lipinski definition) is 4. The summed E-state index contributed by atoms with van der Waals surface area (Å²) in [5, 5.41) is 12.3. The highest BCUT2D eigenvalue weighted by atomic mass is 16.5. The van der Waals surface area contributed by atoms with Crippen LogP contribution >= 0.6 is 0 Å². The smallest absolute Gasteiger partial charge is 0.326 e. The van der Waals surface area contributed by atoms with Crippen LogP contribution in [0.25, 0.3) is 11.0 Å². The van der Waals surface area contributed by atoms with E-state index < -0.39 is 0 Å². The van der Waals surface area contributed by atoms with Gasteiger partial charge in [-0.2, -0.15) is 0 Å². The second-order valence-electron chi connectivity index (χ2n) is 6.26. The average Bonchev–Trinajstić information content (AvgIpc) is 2.89. The summed E-state index contributed by atoms with van der Waals surface area (Å²) >= 11 is 0. The molecule has 24 heavy (non-hydrogen) atoms. The van der Waals surface area contributed by atoms with Crippen LogP contribution in [0.4, 0.5) is 0 Å². The van der Waals surface area contributed by atoms with Gasteiger partial charge in [-0.1, -0.05) is 0 Å². The highest BCUT2D eigenvalue weighted by Crippen LogP contribution is 2.21. The summed E-state index contributed by atoms with van der Waals surface area (Å²) in [6.07, 6.45) is 2.30. The molecule has 3 rings (SSSR count). The fourth-order valence-electron chi connectivity index (χ4n) is 3.30. The van der Waals surface area contributed by atoms with E-state index in [1.54, 1.807) is 25.2 Å². The first-order chi connectivity index (χ1) is 11.6. The van der Waals surface area contributed by atoms with Gasteiger partial charge >= 0.3 is 5.69 Å². The molecule has 130 valence electrons. The molecular formula is C17H23N3O4. The molecule has 1 saturated heterocycles. The van der Waals surface area contributed by atoms with Crippen molar-refractivity contribution in [1.82, 2.24) is 14.9 Å². The van der Waals surface area contributed by atoms with Gasteiger partial charge in [-0.3, -0.25) is 9.36 Å². The largest absolute Gasteiger partial charge is 0.396 e. The summed E-state index contributed by atoms with van der Waals surface area (Å²) < 4.78 is 6.85. The second kappa shape index (κ2) is 7.19. The predicted molar refractivity (Wildman–Crippen MR) is 90.0 cm³/mol. The molecule has 0 aliphatic carbocycles. The van der Waals surface area contributed by atoms with E-state index >= 15 is 0 Å². The van der Waals surface area contributed by atoms with E-state index in [1.807, 2.05) is 0 Å². The molecular weight excluding hydrogens is 310 g/mol. The monoisotopic (exact) mass is 333 g/mol. The third-order valence-corrected chi connectivity index (χ3v) is 4.76. The van der Waals surface area contributed by atoms with Crippen LogP contribution in [0.3, 0.4) is 0 Å². The Labute approximate surface area is 139 Å². The molecule has 2 aromatic rings. The van der Waals surface area contributed by atoms with Crippen molar-refractivity contribution in [2.45, 2.75) is 25.3 Å². The molecule has 0 spiro atoms. The van der Waals surface area contributed by atoms with Gasteiger partial charge in [-0.05, 0) is 43.4 Å². The number of aromatic amines is 1. The topological polar surface area (TPSA) is 96.4 Å². The van der Waals surface area contributed by atoms with Crippen molar-refractivity contribution < 1.29 is 14.6 Å². The Morgan fingerprint density at radius 2 is 2.21 bits per heavy atom. The van der Waals surface area contributed by atoms with E-state index in [2.05, 4.69) is 10.3 Å². The Morgan fingerprint density at radius 3 is 2.92 bits per heavy atom. The van der Waals surface area contributed by atoms with Crippen molar-refractivity contribution >= 4 is 16.9 Å². The molecule has 0 radical (unpaired) electrons. The Bertz CT molecular complexity index is 774. The molecule has 1 atom stereocenters. The SMILES string of the molecule is Cn1c(=O)[nH]c2ccc(C(=O)NC(CCO)C3CCOCC3)cc21. The quantitative estimate of drug-likeness (QED) is 0.753. The first-order valence-electron chi connectivity index (χ1n) is 8.28. The molecule has 1 unspecified atom stereocenters. The van der Waals surface area contributed by atoms with Gasteiger partial charge in [-0.25, -0.2) is 4.79 Å². The number of benzene rings is 1. The number of carbonyl (C=O) groups is 1. The van der Waals surface area contributed by atoms with Crippen molar-refractivity contribution in [3.05, 3.63) is 34.2 Å². The zero-order valence-corrected chi connectivity index (χ0v) is 13.7. The van der Waals surface area contributed by atoms with Gasteiger partial charge in [0.15, 0.2) is 0 Å². The Morgan fingerprint density at radius 1 is 1.46 bits per heavy atom. The van der Waals surface area contributed by atoms with Gasteiger partial charge in [0.1, 0.15) is 0 Å². The first-order valence-corrected chi connectivity index (χ1v) is 8.28. The summed E-state index contributed by atoms with van der Waals surface area (Å²) in [5.74, 6) is 0.130. The number of amides is 1. The molecule has 1 aromatic heterocycles. The van der Waals surface area contributed by atoms with Crippen molar-refractivity contribution in [2.75, 3.05) is 19.8 Å². The Kier molecular flexibility index (Phi) is 5.01. The number of carbonyl (C=O) groups excluding carboxylic acids is 1. The fraction of sp³-hybridized carbons (Fsp3) is 0.529. The number of hydrogen-bond donors (Lipinski definition) is 3. The average molecular weight is 333 g/mol. The first kappa shape index (κ1) is 16.7. The van der Waals surface area contributed by atoms with Gasteiger partial charge in [0.05, 0.1) is 11.0 Å². The maximum absolute atomic E-state index is 12.6. The minimum atomic E-state index is -0.206. The number of H-pyrrole nitrogens is 1. The van der Waals surface area contributed by atoms with E-state index in [0.29, 0.717) is 42.1 Å². The highest BCUT2D eigenvalue weighted by Gasteiger charge is 2.25. The third-order valence-electron chi connectivity index (χ3n) is 4.76. The van der Waals surface area contributed by atoms with Crippen molar-refractivity contribution in [2.24, 2.45) is 13.0 Å². The lowest BCUT2D eigenvalue weighted by atomic mass is 9.89. The van der Waals surface area contributed by atoms with E-state index in [1.165, 1.54) is 4.57 Å². The fourth-order valence-corrected chi connectivity index (χ4v) is 3.30. The second-order valence-corrected chi connectivity index (χ2v) is 6.26. The number of aromatic nitrogens is 2. The Balaban J connectivity index is 1.79. The number of aliphatic hydroxyl groups is 1. The Hall–Kier alpha value is -2.12. The van der Waals surface area contributed by atoms with Crippen LogP contribution in [-0.2, 0) is 11.8 Å². The van der Waals surface area contributed by atoms with Gasteiger partial charge in [0, 0.05) is 38.5 Å². The lowest BCUT2D eigenvalue weighted by Gasteiger charge is -2.30. The van der Waals surface area contributed by atoms with Gasteiger partial charge in [0.2, 0.25) is 0 Å². The molecule has 1 aromatic carbocycles. The van der Waals surface area contributed by atoms with Crippen LogP contribution in [0.15, 0.2) is 23.0 Å². The predicted octanol–water partition coefficient (Wildman–Crippen LogP) is 0.774. The number of aliphatic hydroxyl groups excluding tert-OH is 1. The molecule has 1 aliphatic heterocycles. The third kappa shape index (κ3) is 3.37. The number of rotatable bonds is 5.